The molecule has 0 rings (SSSR count). The number of rotatable bonds is 7. The number of amides is 2. The molecule has 0 fully saturated rings. The zero-order valence-corrected chi connectivity index (χ0v) is 9.62. The van der Waals surface area contributed by atoms with Gasteiger partial charge < -0.3 is 19.0 Å². The SMILES string of the molecule is CO[Si](CCNNC(N)=O)(OC)OC. The smallest absolute Gasteiger partial charge is 0.377 e. The van der Waals surface area contributed by atoms with Crippen LogP contribution in [-0.4, -0.2) is 42.7 Å². The largest absolute Gasteiger partial charge is 0.501 e. The van der Waals surface area contributed by atoms with E-state index in [9.17, 15) is 4.79 Å². The third-order valence-electron chi connectivity index (χ3n) is 1.70. The average molecular weight is 223 g/mol. The van der Waals surface area contributed by atoms with E-state index in [1.807, 2.05) is 0 Å². The van der Waals surface area contributed by atoms with Gasteiger partial charge in [0.05, 0.1) is 0 Å². The normalized spacial score (nSPS) is 11.4. The highest BCUT2D eigenvalue weighted by atomic mass is 28.4. The van der Waals surface area contributed by atoms with Crippen LogP contribution in [0.3, 0.4) is 0 Å². The van der Waals surface area contributed by atoms with Gasteiger partial charge >= 0.3 is 14.8 Å². The van der Waals surface area contributed by atoms with E-state index in [4.69, 9.17) is 19.0 Å². The van der Waals surface area contributed by atoms with Crippen molar-refractivity contribution in [3.05, 3.63) is 0 Å². The van der Waals surface area contributed by atoms with Gasteiger partial charge in [-0.1, -0.05) is 0 Å². The van der Waals surface area contributed by atoms with E-state index in [1.54, 1.807) is 0 Å². The van der Waals surface area contributed by atoms with Crippen molar-refractivity contribution in [2.45, 2.75) is 6.04 Å². The van der Waals surface area contributed by atoms with Crippen molar-refractivity contribution >= 4 is 14.8 Å². The maximum Gasteiger partial charge on any atom is 0.501 e. The van der Waals surface area contributed by atoms with Crippen LogP contribution < -0.4 is 16.6 Å². The topological polar surface area (TPSA) is 94.8 Å². The fourth-order valence-electron chi connectivity index (χ4n) is 0.921. The molecule has 0 radical (unpaired) electrons. The Morgan fingerprint density at radius 2 is 1.79 bits per heavy atom. The van der Waals surface area contributed by atoms with Crippen molar-refractivity contribution in [2.75, 3.05) is 27.9 Å². The molecule has 0 aromatic heterocycles. The molecule has 8 heteroatoms. The third kappa shape index (κ3) is 4.53. The summed E-state index contributed by atoms with van der Waals surface area (Å²) in [5.41, 5.74) is 9.69. The number of hydrazine groups is 1. The molecule has 0 heterocycles. The summed E-state index contributed by atoms with van der Waals surface area (Å²) in [6.07, 6.45) is 0. The number of primary amides is 1. The standard InChI is InChI=1S/C6H17N3O4Si/c1-11-14(12-2,13-3)5-4-8-9-6(7)10/h8H,4-5H2,1-3H3,(H3,7,9,10). The Kier molecular flexibility index (Phi) is 6.41. The molecular formula is C6H17N3O4Si. The number of hydrogen-bond acceptors (Lipinski definition) is 5. The second-order valence-electron chi connectivity index (χ2n) is 2.46. The Bertz CT molecular complexity index is 168. The highest BCUT2D eigenvalue weighted by Crippen LogP contribution is 2.10. The van der Waals surface area contributed by atoms with Crippen LogP contribution in [0.4, 0.5) is 4.79 Å². The molecule has 2 amide bonds. The summed E-state index contributed by atoms with van der Waals surface area (Å²) in [5.74, 6) is 0. The van der Waals surface area contributed by atoms with Gasteiger partial charge in [0.15, 0.2) is 0 Å². The summed E-state index contributed by atoms with van der Waals surface area (Å²) >= 11 is 0. The van der Waals surface area contributed by atoms with E-state index in [-0.39, 0.29) is 0 Å². The average Bonchev–Trinajstić information content (AvgIpc) is 2.19. The first-order valence-electron chi connectivity index (χ1n) is 4.04. The van der Waals surface area contributed by atoms with Crippen LogP contribution in [-0.2, 0) is 13.3 Å². The summed E-state index contributed by atoms with van der Waals surface area (Å²) in [4.78, 5) is 10.3. The van der Waals surface area contributed by atoms with Gasteiger partial charge in [-0.25, -0.2) is 10.2 Å². The van der Waals surface area contributed by atoms with Crippen molar-refractivity contribution in [3.63, 3.8) is 0 Å². The summed E-state index contributed by atoms with van der Waals surface area (Å²) in [6, 6.07) is -0.0962. The predicted octanol–water partition coefficient (Wildman–Crippen LogP) is -0.963. The fraction of sp³-hybridized carbons (Fsp3) is 0.833. The van der Waals surface area contributed by atoms with Crippen LogP contribution in [0.25, 0.3) is 0 Å². The molecule has 0 aliphatic heterocycles. The van der Waals surface area contributed by atoms with Gasteiger partial charge in [0, 0.05) is 33.9 Å². The van der Waals surface area contributed by atoms with E-state index < -0.39 is 14.8 Å². The first-order valence-corrected chi connectivity index (χ1v) is 5.97. The van der Waals surface area contributed by atoms with Crippen LogP contribution in [0.2, 0.25) is 6.04 Å². The molecule has 4 N–H and O–H groups in total. The van der Waals surface area contributed by atoms with E-state index in [1.165, 1.54) is 21.3 Å². The molecular weight excluding hydrogens is 206 g/mol. The Hall–Kier alpha value is -0.673. The van der Waals surface area contributed by atoms with Crippen molar-refractivity contribution in [1.29, 1.82) is 0 Å². The quantitative estimate of drug-likeness (QED) is 0.293. The lowest BCUT2D eigenvalue weighted by molar-refractivity contribution is 0.123. The lowest BCUT2D eigenvalue weighted by Gasteiger charge is -2.24. The van der Waals surface area contributed by atoms with Crippen molar-refractivity contribution < 1.29 is 18.1 Å². The molecule has 0 atom stereocenters. The van der Waals surface area contributed by atoms with E-state index in [0.29, 0.717) is 12.6 Å². The monoisotopic (exact) mass is 223 g/mol. The third-order valence-corrected chi connectivity index (χ3v) is 4.43. The second-order valence-corrected chi connectivity index (χ2v) is 5.55. The van der Waals surface area contributed by atoms with E-state index in [0.717, 1.165) is 0 Å². The van der Waals surface area contributed by atoms with Gasteiger partial charge in [-0.15, -0.1) is 0 Å². The molecule has 0 aromatic rings. The minimum Gasteiger partial charge on any atom is -0.377 e. The molecule has 0 aromatic carbocycles. The van der Waals surface area contributed by atoms with Gasteiger partial charge in [0.2, 0.25) is 0 Å². The molecule has 0 aliphatic rings. The zero-order chi connectivity index (χ0) is 11.0. The molecule has 0 aliphatic carbocycles. The lowest BCUT2D eigenvalue weighted by atomic mass is 10.8. The summed E-state index contributed by atoms with van der Waals surface area (Å²) in [5, 5.41) is 0. The zero-order valence-electron chi connectivity index (χ0n) is 8.62. The Morgan fingerprint density at radius 3 is 2.14 bits per heavy atom. The highest BCUT2D eigenvalue weighted by Gasteiger charge is 2.36. The van der Waals surface area contributed by atoms with Gasteiger partial charge in [-0.05, 0) is 0 Å². The summed E-state index contributed by atoms with van der Waals surface area (Å²) in [7, 11) is 2.04. The number of carbonyl (C=O) groups is 1. The maximum atomic E-state index is 10.3. The van der Waals surface area contributed by atoms with Crippen molar-refractivity contribution in [1.82, 2.24) is 10.9 Å². The molecule has 84 valence electrons. The van der Waals surface area contributed by atoms with Crippen LogP contribution in [0.15, 0.2) is 0 Å². The van der Waals surface area contributed by atoms with E-state index >= 15 is 0 Å². The minimum atomic E-state index is -2.54. The Balaban J connectivity index is 3.77. The van der Waals surface area contributed by atoms with Crippen molar-refractivity contribution in [2.24, 2.45) is 5.73 Å². The molecule has 0 unspecified atom stereocenters. The van der Waals surface area contributed by atoms with Crippen molar-refractivity contribution in [3.8, 4) is 0 Å². The molecule has 0 saturated heterocycles. The fourth-order valence-corrected chi connectivity index (χ4v) is 2.46. The van der Waals surface area contributed by atoms with Gasteiger partial charge in [-0.2, -0.15) is 0 Å². The summed E-state index contributed by atoms with van der Waals surface area (Å²) < 4.78 is 15.5. The van der Waals surface area contributed by atoms with Crippen LogP contribution in [0.5, 0.6) is 0 Å². The van der Waals surface area contributed by atoms with E-state index in [2.05, 4.69) is 10.9 Å². The molecule has 0 spiro atoms. The number of nitrogens with one attached hydrogen (secondary N) is 2. The Labute approximate surface area is 84.2 Å². The molecule has 0 bridgehead atoms. The van der Waals surface area contributed by atoms with Gasteiger partial charge in [0.25, 0.3) is 0 Å². The highest BCUT2D eigenvalue weighted by molar-refractivity contribution is 6.60. The minimum absolute atomic E-state index is 0.463. The molecule has 7 nitrogen and oxygen atoms in total. The number of carbonyl (C=O) groups excluding carboxylic acids is 1. The Morgan fingerprint density at radius 1 is 1.29 bits per heavy atom. The first kappa shape index (κ1) is 13.3. The predicted molar refractivity (Wildman–Crippen MR) is 52.3 cm³/mol. The lowest BCUT2D eigenvalue weighted by Crippen LogP contribution is -2.48. The first-order chi connectivity index (χ1) is 6.60. The van der Waals surface area contributed by atoms with Crippen LogP contribution in [0.1, 0.15) is 0 Å². The maximum absolute atomic E-state index is 10.3. The second kappa shape index (κ2) is 6.73. The van der Waals surface area contributed by atoms with Gasteiger partial charge in [-0.3, -0.25) is 5.43 Å². The van der Waals surface area contributed by atoms with Crippen LogP contribution >= 0.6 is 0 Å². The molecule has 0 saturated carbocycles. The summed E-state index contributed by atoms with van der Waals surface area (Å²) in [6.45, 7) is 0.463. The number of urea groups is 1. The molecule has 14 heavy (non-hydrogen) atoms. The number of nitrogens with two attached hydrogens (primary N) is 1. The number of hydrogen-bond donors (Lipinski definition) is 3. The van der Waals surface area contributed by atoms with Gasteiger partial charge in [0.1, 0.15) is 0 Å². The van der Waals surface area contributed by atoms with Crippen LogP contribution in [0, 0.1) is 0 Å².